The fourth-order valence-electron chi connectivity index (χ4n) is 2.15. The summed E-state index contributed by atoms with van der Waals surface area (Å²) in [5.41, 5.74) is 1.42. The van der Waals surface area contributed by atoms with E-state index in [-0.39, 0.29) is 0 Å². The predicted molar refractivity (Wildman–Crippen MR) is 61.7 cm³/mol. The Bertz CT molecular complexity index is 97.3. The molecule has 0 aliphatic carbocycles. The second-order valence-corrected chi connectivity index (χ2v) is 4.62. The Kier molecular flexibility index (Phi) is 6.19. The van der Waals surface area contributed by atoms with Crippen LogP contribution < -0.4 is 0 Å². The first kappa shape index (κ1) is 12.4. The van der Waals surface area contributed by atoms with Gasteiger partial charge in [-0.15, -0.1) is 9.24 Å². The average molecular weight is 188 g/mol. The first-order chi connectivity index (χ1) is 5.66. The molecule has 2 atom stereocenters. The maximum absolute atomic E-state index is 3.06. The smallest absolute Gasteiger partial charge is 0.0208 e. The highest BCUT2D eigenvalue weighted by Crippen LogP contribution is 2.40. The van der Waals surface area contributed by atoms with E-state index in [4.69, 9.17) is 0 Å². The summed E-state index contributed by atoms with van der Waals surface area (Å²) in [4.78, 5) is 0. The van der Waals surface area contributed by atoms with Crippen LogP contribution in [0.1, 0.15) is 59.8 Å². The second kappa shape index (κ2) is 5.97. The van der Waals surface area contributed by atoms with Gasteiger partial charge < -0.3 is 0 Å². The van der Waals surface area contributed by atoms with Gasteiger partial charge >= 0.3 is 0 Å². The summed E-state index contributed by atoms with van der Waals surface area (Å²) in [6.07, 6.45) is 6.66. The predicted octanol–water partition coefficient (Wildman–Crippen LogP) is 4.25. The fraction of sp³-hybridized carbons (Fsp3) is 1.00. The Morgan fingerprint density at radius 3 is 1.67 bits per heavy atom. The Morgan fingerprint density at radius 1 is 1.00 bits per heavy atom. The van der Waals surface area contributed by atoms with Crippen molar-refractivity contribution in [2.24, 2.45) is 5.41 Å². The minimum Gasteiger partial charge on any atom is -0.134 e. The highest BCUT2D eigenvalue weighted by atomic mass is 31.0. The van der Waals surface area contributed by atoms with Crippen molar-refractivity contribution in [2.45, 2.75) is 65.5 Å². The molecule has 0 aliphatic rings. The number of hydrogen-bond acceptors (Lipinski definition) is 0. The van der Waals surface area contributed by atoms with Crippen molar-refractivity contribution in [3.63, 3.8) is 0 Å². The molecule has 0 fully saturated rings. The van der Waals surface area contributed by atoms with Crippen molar-refractivity contribution in [1.82, 2.24) is 0 Å². The van der Waals surface area contributed by atoms with Gasteiger partial charge in [0.1, 0.15) is 0 Å². The van der Waals surface area contributed by atoms with Crippen LogP contribution >= 0.6 is 9.24 Å². The van der Waals surface area contributed by atoms with Crippen molar-refractivity contribution in [1.29, 1.82) is 0 Å². The molecule has 0 heterocycles. The lowest BCUT2D eigenvalue weighted by molar-refractivity contribution is 0.232. The zero-order valence-electron chi connectivity index (χ0n) is 9.19. The van der Waals surface area contributed by atoms with Crippen LogP contribution in [-0.4, -0.2) is 5.66 Å². The van der Waals surface area contributed by atoms with Crippen molar-refractivity contribution < 1.29 is 0 Å². The van der Waals surface area contributed by atoms with Gasteiger partial charge in [0, 0.05) is 0 Å². The third kappa shape index (κ3) is 2.73. The number of hydrogen-bond donors (Lipinski definition) is 0. The summed E-state index contributed by atoms with van der Waals surface area (Å²) >= 11 is 0. The first-order valence-electron chi connectivity index (χ1n) is 5.42. The molecule has 0 aromatic heterocycles. The third-order valence-corrected chi connectivity index (χ3v) is 4.54. The fourth-order valence-corrected chi connectivity index (χ4v) is 3.19. The van der Waals surface area contributed by atoms with E-state index in [0.717, 1.165) is 5.66 Å². The highest BCUT2D eigenvalue weighted by Gasteiger charge is 2.29. The summed E-state index contributed by atoms with van der Waals surface area (Å²) in [6, 6.07) is 0. The minimum absolute atomic E-state index is 0.598. The third-order valence-electron chi connectivity index (χ3n) is 3.50. The van der Waals surface area contributed by atoms with E-state index >= 15 is 0 Å². The monoisotopic (exact) mass is 188 g/mol. The molecule has 1 heteroatoms. The topological polar surface area (TPSA) is 0 Å². The van der Waals surface area contributed by atoms with Gasteiger partial charge in [0.2, 0.25) is 0 Å². The van der Waals surface area contributed by atoms with Gasteiger partial charge in [0.25, 0.3) is 0 Å². The van der Waals surface area contributed by atoms with Crippen LogP contribution in [0.25, 0.3) is 0 Å². The molecule has 0 spiro atoms. The van der Waals surface area contributed by atoms with E-state index in [1.807, 2.05) is 0 Å². The SMILES string of the molecule is CCCC(P)C(CC)(CC)CC. The summed E-state index contributed by atoms with van der Waals surface area (Å²) in [5.74, 6) is 0. The number of rotatable bonds is 6. The molecule has 12 heavy (non-hydrogen) atoms. The van der Waals surface area contributed by atoms with Crippen molar-refractivity contribution >= 4 is 9.24 Å². The Morgan fingerprint density at radius 2 is 1.42 bits per heavy atom. The molecule has 0 bridgehead atoms. The van der Waals surface area contributed by atoms with Crippen molar-refractivity contribution in [2.75, 3.05) is 0 Å². The van der Waals surface area contributed by atoms with Crippen LogP contribution in [0.3, 0.4) is 0 Å². The average Bonchev–Trinajstić information content (AvgIpc) is 2.09. The molecule has 0 nitrogen and oxygen atoms in total. The normalized spacial score (nSPS) is 14.8. The van der Waals surface area contributed by atoms with Gasteiger partial charge in [-0.1, -0.05) is 34.1 Å². The van der Waals surface area contributed by atoms with Crippen LogP contribution in [0, 0.1) is 5.41 Å². The summed E-state index contributed by atoms with van der Waals surface area (Å²) < 4.78 is 0. The largest absolute Gasteiger partial charge is 0.134 e. The Balaban J connectivity index is 4.24. The van der Waals surface area contributed by atoms with Gasteiger partial charge in [-0.05, 0) is 36.8 Å². The summed E-state index contributed by atoms with van der Waals surface area (Å²) in [6.45, 7) is 9.28. The zero-order chi connectivity index (χ0) is 9.61. The molecule has 0 amide bonds. The van der Waals surface area contributed by atoms with E-state index in [0.29, 0.717) is 5.41 Å². The van der Waals surface area contributed by atoms with Gasteiger partial charge in [0.15, 0.2) is 0 Å². The van der Waals surface area contributed by atoms with E-state index in [1.54, 1.807) is 0 Å². The molecule has 0 radical (unpaired) electrons. The van der Waals surface area contributed by atoms with Crippen LogP contribution in [0.4, 0.5) is 0 Å². The highest BCUT2D eigenvalue weighted by molar-refractivity contribution is 7.17. The molecule has 0 rings (SSSR count). The van der Waals surface area contributed by atoms with Gasteiger partial charge in [-0.2, -0.15) is 0 Å². The molecule has 74 valence electrons. The van der Waals surface area contributed by atoms with Crippen molar-refractivity contribution in [3.8, 4) is 0 Å². The minimum atomic E-state index is 0.598. The molecule has 2 unspecified atom stereocenters. The Hall–Kier alpha value is 0.430. The van der Waals surface area contributed by atoms with E-state index in [2.05, 4.69) is 36.9 Å². The summed E-state index contributed by atoms with van der Waals surface area (Å²) in [7, 11) is 3.06. The molecule has 0 saturated carbocycles. The Labute approximate surface area is 80.7 Å². The van der Waals surface area contributed by atoms with Crippen LogP contribution in [0.15, 0.2) is 0 Å². The second-order valence-electron chi connectivity index (χ2n) is 3.82. The summed E-state index contributed by atoms with van der Waals surface area (Å²) in [5, 5.41) is 0. The molecule has 0 aromatic carbocycles. The first-order valence-corrected chi connectivity index (χ1v) is 6.09. The maximum atomic E-state index is 3.06. The standard InChI is InChI=1S/C11H25P/c1-5-9-10(12)11(6-2,7-3)8-4/h10H,5-9,12H2,1-4H3. The van der Waals surface area contributed by atoms with Crippen LogP contribution in [0.5, 0.6) is 0 Å². The van der Waals surface area contributed by atoms with Crippen molar-refractivity contribution in [3.05, 3.63) is 0 Å². The van der Waals surface area contributed by atoms with Gasteiger partial charge in [-0.3, -0.25) is 0 Å². The van der Waals surface area contributed by atoms with Crippen LogP contribution in [-0.2, 0) is 0 Å². The molecule has 0 aromatic rings. The van der Waals surface area contributed by atoms with E-state index < -0.39 is 0 Å². The van der Waals surface area contributed by atoms with Gasteiger partial charge in [0.05, 0.1) is 0 Å². The lowest BCUT2D eigenvalue weighted by Crippen LogP contribution is -2.29. The van der Waals surface area contributed by atoms with E-state index in [9.17, 15) is 0 Å². The zero-order valence-corrected chi connectivity index (χ0v) is 10.3. The lowest BCUT2D eigenvalue weighted by atomic mass is 9.75. The molecule has 0 N–H and O–H groups in total. The molecular weight excluding hydrogens is 163 g/mol. The molecule has 0 aliphatic heterocycles. The maximum Gasteiger partial charge on any atom is -0.0208 e. The quantitative estimate of drug-likeness (QED) is 0.547. The molecular formula is C11H25P. The molecule has 0 saturated heterocycles. The van der Waals surface area contributed by atoms with Crippen LogP contribution in [0.2, 0.25) is 0 Å². The van der Waals surface area contributed by atoms with Gasteiger partial charge in [-0.25, -0.2) is 0 Å². The van der Waals surface area contributed by atoms with E-state index in [1.165, 1.54) is 32.1 Å². The lowest BCUT2D eigenvalue weighted by Gasteiger charge is -2.36.